The number of amides is 1. The molecule has 3 rings (SSSR count). The number of nitrogens with one attached hydrogen (secondary N) is 1. The summed E-state index contributed by atoms with van der Waals surface area (Å²) in [5, 5.41) is 3.82. The number of hydrogen-bond acceptors (Lipinski definition) is 2. The van der Waals surface area contributed by atoms with Crippen molar-refractivity contribution >= 4 is 28.8 Å². The Morgan fingerprint density at radius 2 is 1.84 bits per heavy atom. The number of carbonyl (C=O) groups is 2. The van der Waals surface area contributed by atoms with E-state index in [2.05, 4.69) is 19.2 Å². The maximum absolute atomic E-state index is 12.5. The first-order chi connectivity index (χ1) is 12.2. The normalized spacial score (nSPS) is 10.8. The molecule has 0 radical (unpaired) electrons. The van der Waals surface area contributed by atoms with Gasteiger partial charge in [0.1, 0.15) is 6.54 Å². The van der Waals surface area contributed by atoms with Crippen LogP contribution >= 0.6 is 0 Å². The third-order valence-electron chi connectivity index (χ3n) is 4.48. The van der Waals surface area contributed by atoms with Crippen molar-refractivity contribution in [1.82, 2.24) is 4.57 Å². The van der Waals surface area contributed by atoms with Crippen molar-refractivity contribution < 1.29 is 9.59 Å². The van der Waals surface area contributed by atoms with Crippen LogP contribution in [0.2, 0.25) is 0 Å². The van der Waals surface area contributed by atoms with Crippen molar-refractivity contribution in [1.29, 1.82) is 0 Å². The number of benzene rings is 2. The molecule has 1 amide bonds. The molecule has 0 saturated carbocycles. The molecule has 0 aliphatic rings. The van der Waals surface area contributed by atoms with E-state index in [1.807, 2.05) is 47.0 Å². The van der Waals surface area contributed by atoms with E-state index >= 15 is 0 Å². The highest BCUT2D eigenvalue weighted by molar-refractivity contribution is 6.00. The number of aldehydes is 1. The predicted molar refractivity (Wildman–Crippen MR) is 101 cm³/mol. The van der Waals surface area contributed by atoms with Crippen LogP contribution in [0, 0.1) is 0 Å². The summed E-state index contributed by atoms with van der Waals surface area (Å²) in [5.41, 5.74) is 4.72. The van der Waals surface area contributed by atoms with E-state index in [0.717, 1.165) is 41.3 Å². The molecule has 0 atom stereocenters. The van der Waals surface area contributed by atoms with E-state index in [0.29, 0.717) is 5.56 Å². The zero-order valence-electron chi connectivity index (χ0n) is 14.6. The maximum atomic E-state index is 12.5. The van der Waals surface area contributed by atoms with Gasteiger partial charge in [-0.3, -0.25) is 9.59 Å². The summed E-state index contributed by atoms with van der Waals surface area (Å²) in [6.45, 7) is 4.35. The fourth-order valence-corrected chi connectivity index (χ4v) is 3.15. The molecule has 2 aromatic carbocycles. The van der Waals surface area contributed by atoms with Gasteiger partial charge in [0.25, 0.3) is 0 Å². The topological polar surface area (TPSA) is 51.1 Å². The zero-order chi connectivity index (χ0) is 17.8. The monoisotopic (exact) mass is 334 g/mol. The standard InChI is InChI=1S/C21H22N2O2/c1-3-15-8-10-18(11-9-15)22-20(25)13-23-12-17(14-24)19-7-5-6-16(4-2)21(19)23/h5-12,14H,3-4,13H2,1-2H3,(H,22,25). The van der Waals surface area contributed by atoms with Crippen LogP contribution in [0.25, 0.3) is 10.9 Å². The van der Waals surface area contributed by atoms with Crippen molar-refractivity contribution in [2.24, 2.45) is 0 Å². The first kappa shape index (κ1) is 17.0. The summed E-state index contributed by atoms with van der Waals surface area (Å²) in [5.74, 6) is -0.107. The van der Waals surface area contributed by atoms with Crippen molar-refractivity contribution in [3.63, 3.8) is 0 Å². The lowest BCUT2D eigenvalue weighted by Gasteiger charge is -2.10. The Labute approximate surface area is 147 Å². The van der Waals surface area contributed by atoms with Gasteiger partial charge in [-0.15, -0.1) is 0 Å². The number of aromatic nitrogens is 1. The number of fused-ring (bicyclic) bond motifs is 1. The van der Waals surface area contributed by atoms with Gasteiger partial charge in [-0.1, -0.05) is 44.2 Å². The van der Waals surface area contributed by atoms with Crippen LogP contribution in [0.5, 0.6) is 0 Å². The van der Waals surface area contributed by atoms with E-state index in [9.17, 15) is 9.59 Å². The van der Waals surface area contributed by atoms with Gasteiger partial charge in [0.2, 0.25) is 5.91 Å². The first-order valence-electron chi connectivity index (χ1n) is 8.61. The molecule has 128 valence electrons. The van der Waals surface area contributed by atoms with Crippen molar-refractivity contribution in [2.75, 3.05) is 5.32 Å². The largest absolute Gasteiger partial charge is 0.337 e. The van der Waals surface area contributed by atoms with E-state index < -0.39 is 0 Å². The molecule has 4 heteroatoms. The van der Waals surface area contributed by atoms with Crippen LogP contribution in [-0.2, 0) is 24.2 Å². The van der Waals surface area contributed by atoms with Crippen LogP contribution in [0.3, 0.4) is 0 Å². The van der Waals surface area contributed by atoms with Crippen LogP contribution in [0.1, 0.15) is 35.3 Å². The highest BCUT2D eigenvalue weighted by Gasteiger charge is 2.13. The summed E-state index contributed by atoms with van der Waals surface area (Å²) >= 11 is 0. The highest BCUT2D eigenvalue weighted by Crippen LogP contribution is 2.24. The van der Waals surface area contributed by atoms with Gasteiger partial charge in [-0.05, 0) is 36.1 Å². The van der Waals surface area contributed by atoms with Gasteiger partial charge in [0.15, 0.2) is 6.29 Å². The molecule has 0 bridgehead atoms. The van der Waals surface area contributed by atoms with Crippen LogP contribution in [0.15, 0.2) is 48.7 Å². The van der Waals surface area contributed by atoms with Gasteiger partial charge in [0.05, 0.1) is 5.52 Å². The molecule has 1 aromatic heterocycles. The van der Waals surface area contributed by atoms with Crippen LogP contribution in [0.4, 0.5) is 5.69 Å². The summed E-state index contributed by atoms with van der Waals surface area (Å²) in [6.07, 6.45) is 4.42. The van der Waals surface area contributed by atoms with Crippen molar-refractivity contribution in [2.45, 2.75) is 33.2 Å². The Morgan fingerprint density at radius 1 is 1.08 bits per heavy atom. The van der Waals surface area contributed by atoms with Crippen molar-refractivity contribution in [3.8, 4) is 0 Å². The molecule has 3 aromatic rings. The van der Waals surface area contributed by atoms with E-state index in [4.69, 9.17) is 0 Å². The lowest BCUT2D eigenvalue weighted by molar-refractivity contribution is -0.116. The number of para-hydroxylation sites is 1. The maximum Gasteiger partial charge on any atom is 0.244 e. The molecule has 0 unspecified atom stereocenters. The van der Waals surface area contributed by atoms with Crippen LogP contribution < -0.4 is 5.32 Å². The molecule has 1 heterocycles. The van der Waals surface area contributed by atoms with Gasteiger partial charge >= 0.3 is 0 Å². The Hall–Kier alpha value is -2.88. The Bertz CT molecular complexity index is 908. The number of aryl methyl sites for hydroxylation is 2. The second-order valence-electron chi connectivity index (χ2n) is 6.10. The van der Waals surface area contributed by atoms with E-state index in [-0.39, 0.29) is 12.5 Å². The smallest absolute Gasteiger partial charge is 0.244 e. The Kier molecular flexibility index (Phi) is 4.98. The second kappa shape index (κ2) is 7.34. The zero-order valence-corrected chi connectivity index (χ0v) is 14.6. The predicted octanol–water partition coefficient (Wildman–Crippen LogP) is 4.22. The molecule has 0 aliphatic carbocycles. The van der Waals surface area contributed by atoms with Gasteiger partial charge in [-0.25, -0.2) is 0 Å². The number of carbonyl (C=O) groups excluding carboxylic acids is 2. The molecule has 0 spiro atoms. The SMILES string of the molecule is CCc1ccc(NC(=O)Cn2cc(C=O)c3cccc(CC)c32)cc1. The number of nitrogens with zero attached hydrogens (tertiary/aromatic N) is 1. The lowest BCUT2D eigenvalue weighted by Crippen LogP contribution is -2.18. The Morgan fingerprint density at radius 3 is 2.48 bits per heavy atom. The number of rotatable bonds is 6. The van der Waals surface area contributed by atoms with Crippen molar-refractivity contribution in [3.05, 3.63) is 65.4 Å². The lowest BCUT2D eigenvalue weighted by atomic mass is 10.1. The summed E-state index contributed by atoms with van der Waals surface area (Å²) in [7, 11) is 0. The summed E-state index contributed by atoms with van der Waals surface area (Å²) < 4.78 is 1.87. The first-order valence-corrected chi connectivity index (χ1v) is 8.61. The van der Waals surface area contributed by atoms with Gasteiger partial charge < -0.3 is 9.88 Å². The quantitative estimate of drug-likeness (QED) is 0.686. The van der Waals surface area contributed by atoms with Gasteiger partial charge in [0, 0.05) is 22.8 Å². The highest BCUT2D eigenvalue weighted by atomic mass is 16.2. The number of anilines is 1. The summed E-state index contributed by atoms with van der Waals surface area (Å²) in [6, 6.07) is 13.8. The third kappa shape index (κ3) is 3.48. The molecular formula is C21H22N2O2. The molecule has 0 saturated heterocycles. The van der Waals surface area contributed by atoms with E-state index in [1.165, 1.54) is 5.56 Å². The Balaban J connectivity index is 1.86. The molecule has 4 nitrogen and oxygen atoms in total. The van der Waals surface area contributed by atoms with E-state index in [1.54, 1.807) is 6.20 Å². The summed E-state index contributed by atoms with van der Waals surface area (Å²) in [4.78, 5) is 23.8. The van der Waals surface area contributed by atoms with Crippen LogP contribution in [-0.4, -0.2) is 16.8 Å². The second-order valence-corrected chi connectivity index (χ2v) is 6.10. The molecular weight excluding hydrogens is 312 g/mol. The minimum atomic E-state index is -0.107. The third-order valence-corrected chi connectivity index (χ3v) is 4.48. The number of hydrogen-bond donors (Lipinski definition) is 1. The minimum absolute atomic E-state index is 0.107. The fraction of sp³-hybridized carbons (Fsp3) is 0.238. The fourth-order valence-electron chi connectivity index (χ4n) is 3.15. The molecule has 0 fully saturated rings. The van der Waals surface area contributed by atoms with Gasteiger partial charge in [-0.2, -0.15) is 0 Å². The molecule has 1 N–H and O–H groups in total. The minimum Gasteiger partial charge on any atom is -0.337 e. The average molecular weight is 334 g/mol. The molecule has 0 aliphatic heterocycles. The molecule has 25 heavy (non-hydrogen) atoms. The average Bonchev–Trinajstić information content (AvgIpc) is 3.00.